The average molecular weight is 355 g/mol. The first-order valence-electron chi connectivity index (χ1n) is 8.24. The number of hydrogen-bond acceptors (Lipinski definition) is 3. The molecule has 130 valence electrons. The molecule has 1 aromatic carbocycles. The Balaban J connectivity index is 1.83. The zero-order valence-corrected chi connectivity index (χ0v) is 15.0. The van der Waals surface area contributed by atoms with Gasteiger partial charge in [-0.3, -0.25) is 9.59 Å². The molecule has 2 aromatic heterocycles. The maximum absolute atomic E-state index is 12.6. The van der Waals surface area contributed by atoms with Gasteiger partial charge in [-0.15, -0.1) is 11.3 Å². The second kappa shape index (κ2) is 7.53. The molecule has 0 radical (unpaired) electrons. The number of benzene rings is 1. The fraction of sp³-hybridized carbons (Fsp3) is 0.263. The fourth-order valence-electron chi connectivity index (χ4n) is 2.75. The molecule has 0 fully saturated rings. The van der Waals surface area contributed by atoms with E-state index in [0.29, 0.717) is 11.3 Å². The lowest BCUT2D eigenvalue weighted by Crippen LogP contribution is -2.49. The van der Waals surface area contributed by atoms with Gasteiger partial charge in [0.25, 0.3) is 5.91 Å². The van der Waals surface area contributed by atoms with Crippen molar-refractivity contribution in [3.63, 3.8) is 0 Å². The Morgan fingerprint density at radius 2 is 1.92 bits per heavy atom. The molecule has 1 atom stereocenters. The minimum atomic E-state index is -0.629. The van der Waals surface area contributed by atoms with Crippen molar-refractivity contribution in [1.82, 2.24) is 15.6 Å². The van der Waals surface area contributed by atoms with E-state index >= 15 is 0 Å². The lowest BCUT2D eigenvalue weighted by Gasteiger charge is -2.19. The number of rotatable bonds is 6. The van der Waals surface area contributed by atoms with Crippen molar-refractivity contribution < 1.29 is 9.59 Å². The monoisotopic (exact) mass is 355 g/mol. The van der Waals surface area contributed by atoms with Gasteiger partial charge in [-0.25, -0.2) is 0 Å². The second-order valence-electron chi connectivity index (χ2n) is 6.23. The number of H-pyrrole nitrogens is 1. The standard InChI is InChI=1S/C19H21N3O2S/c1-12(2)21-18(23)16(22-19(24)17-8-5-9-25-17)10-13-11-20-15-7-4-3-6-14(13)15/h3-9,11-12,16,20H,10H2,1-2H3,(H,21,23)(H,22,24)/t16-/m0/s1. The van der Waals surface area contributed by atoms with Gasteiger partial charge in [-0.1, -0.05) is 24.3 Å². The highest BCUT2D eigenvalue weighted by Crippen LogP contribution is 2.19. The Labute approximate surface area is 150 Å². The van der Waals surface area contributed by atoms with Crippen LogP contribution in [-0.2, 0) is 11.2 Å². The first-order valence-corrected chi connectivity index (χ1v) is 9.12. The Morgan fingerprint density at radius 3 is 2.64 bits per heavy atom. The first kappa shape index (κ1) is 17.2. The quantitative estimate of drug-likeness (QED) is 0.636. The molecule has 2 amide bonds. The number of carbonyl (C=O) groups excluding carboxylic acids is 2. The first-order chi connectivity index (χ1) is 12.0. The molecule has 0 spiro atoms. The molecule has 0 aliphatic rings. The number of thiophene rings is 1. The van der Waals surface area contributed by atoms with E-state index < -0.39 is 6.04 Å². The van der Waals surface area contributed by atoms with Gasteiger partial charge >= 0.3 is 0 Å². The topological polar surface area (TPSA) is 74.0 Å². The van der Waals surface area contributed by atoms with Crippen LogP contribution in [0.5, 0.6) is 0 Å². The Morgan fingerprint density at radius 1 is 1.12 bits per heavy atom. The lowest BCUT2D eigenvalue weighted by atomic mass is 10.0. The van der Waals surface area contributed by atoms with Crippen LogP contribution in [0, 0.1) is 0 Å². The molecule has 0 bridgehead atoms. The van der Waals surface area contributed by atoms with Gasteiger partial charge < -0.3 is 15.6 Å². The van der Waals surface area contributed by atoms with Crippen LogP contribution in [0.4, 0.5) is 0 Å². The van der Waals surface area contributed by atoms with Crippen molar-refractivity contribution in [3.05, 3.63) is 58.4 Å². The highest BCUT2D eigenvalue weighted by atomic mass is 32.1. The molecular weight excluding hydrogens is 334 g/mol. The number of carbonyl (C=O) groups is 2. The van der Waals surface area contributed by atoms with Crippen molar-refractivity contribution in [2.45, 2.75) is 32.4 Å². The molecule has 2 heterocycles. The molecule has 3 rings (SSSR count). The van der Waals surface area contributed by atoms with Gasteiger partial charge in [0.15, 0.2) is 0 Å². The summed E-state index contributed by atoms with van der Waals surface area (Å²) < 4.78 is 0. The van der Waals surface area contributed by atoms with Gasteiger partial charge in [0.2, 0.25) is 5.91 Å². The largest absolute Gasteiger partial charge is 0.361 e. The summed E-state index contributed by atoms with van der Waals surface area (Å²) >= 11 is 1.36. The van der Waals surface area contributed by atoms with E-state index in [1.807, 2.05) is 55.8 Å². The molecule has 25 heavy (non-hydrogen) atoms. The molecule has 5 nitrogen and oxygen atoms in total. The minimum absolute atomic E-state index is 0.0107. The number of amides is 2. The Bertz CT molecular complexity index is 868. The Kier molecular flexibility index (Phi) is 5.19. The van der Waals surface area contributed by atoms with Crippen LogP contribution in [0.2, 0.25) is 0 Å². The van der Waals surface area contributed by atoms with Crippen molar-refractivity contribution in [3.8, 4) is 0 Å². The molecule has 0 unspecified atom stereocenters. The van der Waals surface area contributed by atoms with Gasteiger partial charge in [-0.05, 0) is 36.9 Å². The minimum Gasteiger partial charge on any atom is -0.361 e. The molecule has 0 aliphatic heterocycles. The van der Waals surface area contributed by atoms with E-state index in [2.05, 4.69) is 15.6 Å². The van der Waals surface area contributed by atoms with E-state index in [1.54, 1.807) is 6.07 Å². The summed E-state index contributed by atoms with van der Waals surface area (Å²) in [6.07, 6.45) is 2.33. The van der Waals surface area contributed by atoms with Crippen molar-refractivity contribution >= 4 is 34.1 Å². The van der Waals surface area contributed by atoms with Crippen LogP contribution < -0.4 is 10.6 Å². The molecule has 0 saturated carbocycles. The van der Waals surface area contributed by atoms with E-state index in [9.17, 15) is 9.59 Å². The van der Waals surface area contributed by atoms with E-state index in [1.165, 1.54) is 11.3 Å². The normalized spacial score (nSPS) is 12.3. The van der Waals surface area contributed by atoms with Crippen LogP contribution >= 0.6 is 11.3 Å². The Hall–Kier alpha value is -2.60. The maximum Gasteiger partial charge on any atom is 0.262 e. The molecular formula is C19H21N3O2S. The van der Waals surface area contributed by atoms with Crippen LogP contribution in [0.3, 0.4) is 0 Å². The summed E-state index contributed by atoms with van der Waals surface area (Å²) in [4.78, 5) is 28.8. The van der Waals surface area contributed by atoms with Gasteiger partial charge in [0.05, 0.1) is 4.88 Å². The molecule has 0 saturated heterocycles. The molecule has 6 heteroatoms. The zero-order valence-electron chi connectivity index (χ0n) is 14.2. The third-order valence-corrected chi connectivity index (χ3v) is 4.77. The number of nitrogens with one attached hydrogen (secondary N) is 3. The maximum atomic E-state index is 12.6. The number of aromatic nitrogens is 1. The lowest BCUT2D eigenvalue weighted by molar-refractivity contribution is -0.123. The van der Waals surface area contributed by atoms with Crippen molar-refractivity contribution in [1.29, 1.82) is 0 Å². The predicted molar refractivity (Wildman–Crippen MR) is 101 cm³/mol. The highest BCUT2D eigenvalue weighted by Gasteiger charge is 2.23. The average Bonchev–Trinajstić information content (AvgIpc) is 3.23. The van der Waals surface area contributed by atoms with E-state index in [4.69, 9.17) is 0 Å². The van der Waals surface area contributed by atoms with Crippen molar-refractivity contribution in [2.24, 2.45) is 0 Å². The third-order valence-electron chi connectivity index (χ3n) is 3.90. The van der Waals surface area contributed by atoms with Crippen LogP contribution in [0.15, 0.2) is 48.0 Å². The number of hydrogen-bond donors (Lipinski definition) is 3. The van der Waals surface area contributed by atoms with E-state index in [0.717, 1.165) is 16.5 Å². The summed E-state index contributed by atoms with van der Waals surface area (Å²) in [5.41, 5.74) is 2.02. The zero-order chi connectivity index (χ0) is 17.8. The summed E-state index contributed by atoms with van der Waals surface area (Å²) in [6.45, 7) is 3.81. The summed E-state index contributed by atoms with van der Waals surface area (Å²) in [5, 5.41) is 8.68. The van der Waals surface area contributed by atoms with Crippen LogP contribution in [0.25, 0.3) is 10.9 Å². The second-order valence-corrected chi connectivity index (χ2v) is 7.18. The van der Waals surface area contributed by atoms with Crippen LogP contribution in [-0.4, -0.2) is 28.9 Å². The molecule has 0 aliphatic carbocycles. The molecule has 3 N–H and O–H groups in total. The summed E-state index contributed by atoms with van der Waals surface area (Å²) in [5.74, 6) is -0.399. The van der Waals surface area contributed by atoms with E-state index in [-0.39, 0.29) is 17.9 Å². The van der Waals surface area contributed by atoms with Crippen molar-refractivity contribution in [2.75, 3.05) is 0 Å². The number of aromatic amines is 1. The van der Waals surface area contributed by atoms with Crippen LogP contribution in [0.1, 0.15) is 29.1 Å². The van der Waals surface area contributed by atoms with Gasteiger partial charge in [0, 0.05) is 29.6 Å². The third kappa shape index (κ3) is 4.09. The summed E-state index contributed by atoms with van der Waals surface area (Å²) in [6, 6.07) is 10.9. The smallest absolute Gasteiger partial charge is 0.262 e. The molecule has 3 aromatic rings. The number of fused-ring (bicyclic) bond motifs is 1. The van der Waals surface area contributed by atoms with Gasteiger partial charge in [-0.2, -0.15) is 0 Å². The fourth-order valence-corrected chi connectivity index (χ4v) is 3.38. The van der Waals surface area contributed by atoms with Gasteiger partial charge in [0.1, 0.15) is 6.04 Å². The number of para-hydroxylation sites is 1. The SMILES string of the molecule is CC(C)NC(=O)[C@H](Cc1c[nH]c2ccccc12)NC(=O)c1cccs1. The predicted octanol–water partition coefficient (Wildman–Crippen LogP) is 3.10. The summed E-state index contributed by atoms with van der Waals surface area (Å²) in [7, 11) is 0. The highest BCUT2D eigenvalue weighted by molar-refractivity contribution is 7.12.